The molecular weight excluding hydrogens is 853 g/mol. The van der Waals surface area contributed by atoms with Gasteiger partial charge in [0.2, 0.25) is 0 Å². The summed E-state index contributed by atoms with van der Waals surface area (Å²) in [5.41, 5.74) is 0. The van der Waals surface area contributed by atoms with E-state index in [1.54, 1.807) is 0 Å². The summed E-state index contributed by atoms with van der Waals surface area (Å²) in [6.07, 6.45) is 72.6. The van der Waals surface area contributed by atoms with Gasteiger partial charge in [0.25, 0.3) is 0 Å². The number of hydrogen-bond acceptors (Lipinski definition) is 6. The standard InChI is InChI=1S/C63H112O6/c1-4-7-10-13-16-18-20-22-23-24-25-26-27-28-29-30-31-32-33-34-35-36-37-38-39-41-42-44-47-50-53-56-62(65)68-59-60(58-67-61(64)55-52-49-46-15-12-9-6-3)69-63(66)57-54-51-48-45-43-40-21-19-17-14-11-8-5-2/h11,14,19-22,24-25,27-28,60H,4-10,12-13,15-18,23,26,29-59H2,1-3H3/b14-11-,21-19-,22-20-,25-24-,28-27-. The third-order valence-corrected chi connectivity index (χ3v) is 13.0. The van der Waals surface area contributed by atoms with E-state index in [4.69, 9.17) is 14.2 Å². The summed E-state index contributed by atoms with van der Waals surface area (Å²) in [5, 5.41) is 0. The Balaban J connectivity index is 4.01. The molecular formula is C63H112O6. The van der Waals surface area contributed by atoms with Crippen molar-refractivity contribution in [3.05, 3.63) is 60.8 Å². The first kappa shape index (κ1) is 66.1. The van der Waals surface area contributed by atoms with Gasteiger partial charge < -0.3 is 14.2 Å². The third kappa shape index (κ3) is 55.9. The topological polar surface area (TPSA) is 78.9 Å². The molecule has 1 atom stereocenters. The van der Waals surface area contributed by atoms with Crippen molar-refractivity contribution in [2.24, 2.45) is 0 Å². The van der Waals surface area contributed by atoms with E-state index in [1.807, 2.05) is 0 Å². The minimum Gasteiger partial charge on any atom is -0.462 e. The predicted octanol–water partition coefficient (Wildman–Crippen LogP) is 20.0. The Kier molecular flexibility index (Phi) is 55.3. The maximum atomic E-state index is 12.8. The maximum absolute atomic E-state index is 12.8. The quantitative estimate of drug-likeness (QED) is 0.0262. The van der Waals surface area contributed by atoms with Crippen LogP contribution in [0.2, 0.25) is 0 Å². The Hall–Kier alpha value is -2.89. The molecule has 0 aliphatic rings. The van der Waals surface area contributed by atoms with Gasteiger partial charge in [0.15, 0.2) is 6.10 Å². The van der Waals surface area contributed by atoms with Crippen molar-refractivity contribution in [2.45, 2.75) is 309 Å². The number of allylic oxidation sites excluding steroid dienone is 10. The molecule has 0 aromatic heterocycles. The summed E-state index contributed by atoms with van der Waals surface area (Å²) in [5.74, 6) is -0.890. The van der Waals surface area contributed by atoms with Gasteiger partial charge >= 0.3 is 17.9 Å². The normalized spacial score (nSPS) is 12.4. The van der Waals surface area contributed by atoms with E-state index in [0.717, 1.165) is 103 Å². The lowest BCUT2D eigenvalue weighted by atomic mass is 10.0. The molecule has 0 saturated heterocycles. The first-order chi connectivity index (χ1) is 34.0. The monoisotopic (exact) mass is 965 g/mol. The highest BCUT2D eigenvalue weighted by Gasteiger charge is 2.19. The largest absolute Gasteiger partial charge is 0.462 e. The average Bonchev–Trinajstić information content (AvgIpc) is 3.35. The zero-order chi connectivity index (χ0) is 50.0. The molecule has 1 unspecified atom stereocenters. The number of hydrogen-bond donors (Lipinski definition) is 0. The van der Waals surface area contributed by atoms with E-state index in [2.05, 4.69) is 81.5 Å². The second kappa shape index (κ2) is 57.7. The molecule has 0 aliphatic heterocycles. The molecule has 69 heavy (non-hydrogen) atoms. The van der Waals surface area contributed by atoms with Gasteiger partial charge in [-0.3, -0.25) is 14.4 Å². The van der Waals surface area contributed by atoms with Crippen LogP contribution < -0.4 is 0 Å². The van der Waals surface area contributed by atoms with E-state index in [-0.39, 0.29) is 31.1 Å². The summed E-state index contributed by atoms with van der Waals surface area (Å²) < 4.78 is 16.8. The molecule has 6 heteroatoms. The van der Waals surface area contributed by atoms with Crippen molar-refractivity contribution in [3.8, 4) is 0 Å². The Morgan fingerprint density at radius 3 is 0.870 bits per heavy atom. The minimum atomic E-state index is -0.776. The van der Waals surface area contributed by atoms with Crippen LogP contribution >= 0.6 is 0 Å². The summed E-state index contributed by atoms with van der Waals surface area (Å²) in [6, 6.07) is 0. The molecule has 0 radical (unpaired) electrons. The fourth-order valence-corrected chi connectivity index (χ4v) is 8.49. The van der Waals surface area contributed by atoms with E-state index >= 15 is 0 Å². The molecule has 0 bridgehead atoms. The summed E-state index contributed by atoms with van der Waals surface area (Å²) in [7, 11) is 0. The molecule has 400 valence electrons. The highest BCUT2D eigenvalue weighted by atomic mass is 16.6. The molecule has 0 rings (SSSR count). The molecule has 0 saturated carbocycles. The first-order valence-electron chi connectivity index (χ1n) is 29.8. The van der Waals surface area contributed by atoms with E-state index in [1.165, 1.54) is 161 Å². The van der Waals surface area contributed by atoms with E-state index in [9.17, 15) is 14.4 Å². The molecule has 0 aromatic rings. The number of unbranched alkanes of at least 4 members (excludes halogenated alkanes) is 33. The number of carbonyl (C=O) groups excluding carboxylic acids is 3. The van der Waals surface area contributed by atoms with Gasteiger partial charge in [-0.1, -0.05) is 261 Å². The van der Waals surface area contributed by atoms with Crippen LogP contribution in [0, 0.1) is 0 Å². The fourth-order valence-electron chi connectivity index (χ4n) is 8.49. The molecule has 0 spiro atoms. The lowest BCUT2D eigenvalue weighted by Gasteiger charge is -2.18. The van der Waals surface area contributed by atoms with Crippen LogP contribution in [0.4, 0.5) is 0 Å². The SMILES string of the molecule is CCC/C=C\C/C=C\CCCCCCCC(=O)OC(COC(=O)CCCCCCCCC)COC(=O)CCCCCCCCCCCCCCCCCC/C=C\C/C=C\C/C=C\CCCCCCC. The van der Waals surface area contributed by atoms with Crippen LogP contribution in [0.25, 0.3) is 0 Å². The smallest absolute Gasteiger partial charge is 0.306 e. The van der Waals surface area contributed by atoms with Crippen LogP contribution in [0.3, 0.4) is 0 Å². The molecule has 0 aromatic carbocycles. The van der Waals surface area contributed by atoms with Crippen LogP contribution in [-0.2, 0) is 28.6 Å². The predicted molar refractivity (Wildman–Crippen MR) is 298 cm³/mol. The van der Waals surface area contributed by atoms with Crippen molar-refractivity contribution in [1.82, 2.24) is 0 Å². The summed E-state index contributed by atoms with van der Waals surface area (Å²) in [4.78, 5) is 37.9. The third-order valence-electron chi connectivity index (χ3n) is 13.0. The number of esters is 3. The van der Waals surface area contributed by atoms with Gasteiger partial charge in [-0.25, -0.2) is 0 Å². The number of carbonyl (C=O) groups is 3. The second-order valence-electron chi connectivity index (χ2n) is 19.9. The Labute approximate surface area is 428 Å². The zero-order valence-electron chi connectivity index (χ0n) is 45.8. The molecule has 0 N–H and O–H groups in total. The summed E-state index contributed by atoms with van der Waals surface area (Å²) in [6.45, 7) is 6.53. The fraction of sp³-hybridized carbons (Fsp3) is 0.794. The highest BCUT2D eigenvalue weighted by molar-refractivity contribution is 5.71. The lowest BCUT2D eigenvalue weighted by molar-refractivity contribution is -0.167. The minimum absolute atomic E-state index is 0.0774. The highest BCUT2D eigenvalue weighted by Crippen LogP contribution is 2.16. The van der Waals surface area contributed by atoms with Crippen molar-refractivity contribution < 1.29 is 28.6 Å². The van der Waals surface area contributed by atoms with Crippen LogP contribution in [0.15, 0.2) is 60.8 Å². The van der Waals surface area contributed by atoms with Gasteiger partial charge in [0, 0.05) is 19.3 Å². The lowest BCUT2D eigenvalue weighted by Crippen LogP contribution is -2.30. The van der Waals surface area contributed by atoms with Crippen LogP contribution in [0.5, 0.6) is 0 Å². The number of ether oxygens (including phenoxy) is 3. The van der Waals surface area contributed by atoms with E-state index < -0.39 is 6.10 Å². The van der Waals surface area contributed by atoms with E-state index in [0.29, 0.717) is 19.3 Å². The van der Waals surface area contributed by atoms with Crippen molar-refractivity contribution in [1.29, 1.82) is 0 Å². The Bertz CT molecular complexity index is 1250. The van der Waals surface area contributed by atoms with Crippen LogP contribution in [0.1, 0.15) is 303 Å². The molecule has 0 amide bonds. The Morgan fingerprint density at radius 2 is 0.551 bits per heavy atom. The van der Waals surface area contributed by atoms with Gasteiger partial charge in [0.1, 0.15) is 13.2 Å². The zero-order valence-corrected chi connectivity index (χ0v) is 45.8. The molecule has 0 aliphatic carbocycles. The van der Waals surface area contributed by atoms with Gasteiger partial charge in [-0.2, -0.15) is 0 Å². The Morgan fingerprint density at radius 1 is 0.290 bits per heavy atom. The second-order valence-corrected chi connectivity index (χ2v) is 19.9. The van der Waals surface area contributed by atoms with Gasteiger partial charge in [0.05, 0.1) is 0 Å². The van der Waals surface area contributed by atoms with Crippen molar-refractivity contribution in [2.75, 3.05) is 13.2 Å². The molecule has 0 heterocycles. The molecule has 0 fully saturated rings. The summed E-state index contributed by atoms with van der Waals surface area (Å²) >= 11 is 0. The maximum Gasteiger partial charge on any atom is 0.306 e. The van der Waals surface area contributed by atoms with Gasteiger partial charge in [-0.05, 0) is 83.5 Å². The van der Waals surface area contributed by atoms with Crippen molar-refractivity contribution >= 4 is 17.9 Å². The number of rotatable bonds is 54. The first-order valence-corrected chi connectivity index (χ1v) is 29.8. The van der Waals surface area contributed by atoms with Crippen LogP contribution in [-0.4, -0.2) is 37.2 Å². The molecule has 6 nitrogen and oxygen atoms in total. The average molecular weight is 966 g/mol. The van der Waals surface area contributed by atoms with Gasteiger partial charge in [-0.15, -0.1) is 0 Å². The van der Waals surface area contributed by atoms with Crippen molar-refractivity contribution in [3.63, 3.8) is 0 Å².